The third kappa shape index (κ3) is 19.4. The summed E-state index contributed by atoms with van der Waals surface area (Å²) in [5, 5.41) is 0. The Bertz CT molecular complexity index is 220. The van der Waals surface area contributed by atoms with Crippen LogP contribution in [-0.4, -0.2) is 6.29 Å². The van der Waals surface area contributed by atoms with Gasteiger partial charge in [-0.15, -0.1) is 0 Å². The van der Waals surface area contributed by atoms with Crippen LogP contribution < -0.4 is 0 Å². The normalized spacial score (nSPS) is 11.3. The summed E-state index contributed by atoms with van der Waals surface area (Å²) in [4.78, 5) is 10.0. The second-order valence-corrected chi connectivity index (χ2v) is 6.19. The van der Waals surface area contributed by atoms with Crippen molar-refractivity contribution >= 4 is 6.29 Å². The van der Waals surface area contributed by atoms with Gasteiger partial charge in [0.2, 0.25) is 0 Å². The molecule has 0 aromatic carbocycles. The topological polar surface area (TPSA) is 17.1 Å². The van der Waals surface area contributed by atoms with Gasteiger partial charge in [-0.1, -0.05) is 83.3 Å². The number of carbonyl (C=O) groups excluding carboxylic acids is 1. The van der Waals surface area contributed by atoms with E-state index in [1.165, 1.54) is 89.9 Å². The molecule has 0 unspecified atom stereocenters. The van der Waals surface area contributed by atoms with Crippen molar-refractivity contribution < 1.29 is 4.79 Å². The van der Waals surface area contributed by atoms with E-state index in [1.807, 2.05) is 6.29 Å². The summed E-state index contributed by atoms with van der Waals surface area (Å²) in [5.74, 6) is 0. The van der Waals surface area contributed by atoms with E-state index in [0.29, 0.717) is 6.42 Å². The van der Waals surface area contributed by atoms with E-state index < -0.39 is 0 Å². The lowest BCUT2D eigenvalue weighted by molar-refractivity contribution is 0.542. The first kappa shape index (κ1) is 20.4. The van der Waals surface area contributed by atoms with Gasteiger partial charge in [-0.05, 0) is 32.1 Å². The highest BCUT2D eigenvalue weighted by molar-refractivity contribution is 5.50. The molecule has 1 radical (unpaired) electrons. The molecule has 0 atom stereocenters. The SMILES string of the molecule is CCCCCCCCCC/C=C\CCCCCCC[C]=O. The van der Waals surface area contributed by atoms with Gasteiger partial charge in [-0.3, -0.25) is 4.79 Å². The standard InChI is InChI=1S/C20H37O/c1-2-3-4-5-6-7-8-9-10-11-12-13-14-15-16-17-18-19-20-21/h11-12H,2-10,13-19H2,1H3/b12-11-. The fraction of sp³-hybridized carbons (Fsp3) is 0.850. The smallest absolute Gasteiger partial charge is 0.198 e. The number of allylic oxidation sites excluding steroid dienone is 2. The first-order valence-corrected chi connectivity index (χ1v) is 9.41. The Morgan fingerprint density at radius 3 is 1.52 bits per heavy atom. The van der Waals surface area contributed by atoms with Crippen LogP contribution in [0.1, 0.15) is 110 Å². The molecule has 1 heteroatoms. The van der Waals surface area contributed by atoms with Crippen molar-refractivity contribution in [1.82, 2.24) is 0 Å². The van der Waals surface area contributed by atoms with Gasteiger partial charge >= 0.3 is 0 Å². The van der Waals surface area contributed by atoms with Gasteiger partial charge < -0.3 is 0 Å². The van der Waals surface area contributed by atoms with Gasteiger partial charge in [0.05, 0.1) is 0 Å². The Hall–Kier alpha value is -0.590. The fourth-order valence-electron chi connectivity index (χ4n) is 2.62. The Balaban J connectivity index is 3.03. The fourth-order valence-corrected chi connectivity index (χ4v) is 2.62. The Kier molecular flexibility index (Phi) is 18.9. The van der Waals surface area contributed by atoms with Crippen LogP contribution in [0.3, 0.4) is 0 Å². The van der Waals surface area contributed by atoms with Crippen LogP contribution in [-0.2, 0) is 4.79 Å². The molecule has 0 aliphatic heterocycles. The molecule has 0 spiro atoms. The molecule has 0 aromatic rings. The zero-order chi connectivity index (χ0) is 15.4. The van der Waals surface area contributed by atoms with Crippen LogP contribution in [0.5, 0.6) is 0 Å². The number of unbranched alkanes of at least 4 members (excludes halogenated alkanes) is 14. The van der Waals surface area contributed by atoms with Gasteiger partial charge in [0.25, 0.3) is 0 Å². The van der Waals surface area contributed by atoms with Gasteiger partial charge in [0, 0.05) is 6.42 Å². The van der Waals surface area contributed by atoms with Gasteiger partial charge in [-0.25, -0.2) is 0 Å². The summed E-state index contributed by atoms with van der Waals surface area (Å²) >= 11 is 0. The molecule has 0 N–H and O–H groups in total. The van der Waals surface area contributed by atoms with E-state index >= 15 is 0 Å². The molecule has 0 rings (SSSR count). The highest BCUT2D eigenvalue weighted by Gasteiger charge is 1.91. The lowest BCUT2D eigenvalue weighted by Gasteiger charge is -2.00. The Labute approximate surface area is 133 Å². The summed E-state index contributed by atoms with van der Waals surface area (Å²) < 4.78 is 0. The second kappa shape index (κ2) is 19.4. The molecule has 21 heavy (non-hydrogen) atoms. The van der Waals surface area contributed by atoms with Crippen molar-refractivity contribution in [3.05, 3.63) is 12.2 Å². The second-order valence-electron chi connectivity index (χ2n) is 6.19. The molecule has 123 valence electrons. The molecule has 0 aliphatic carbocycles. The molecule has 0 heterocycles. The van der Waals surface area contributed by atoms with E-state index in [4.69, 9.17) is 0 Å². The molecular formula is C20H37O. The average molecular weight is 294 g/mol. The van der Waals surface area contributed by atoms with E-state index in [0.717, 1.165) is 6.42 Å². The Morgan fingerprint density at radius 1 is 0.619 bits per heavy atom. The predicted molar refractivity (Wildman–Crippen MR) is 94.4 cm³/mol. The maximum atomic E-state index is 10.0. The van der Waals surface area contributed by atoms with Crippen LogP contribution in [0.4, 0.5) is 0 Å². The summed E-state index contributed by atoms with van der Waals surface area (Å²) in [6.45, 7) is 2.28. The van der Waals surface area contributed by atoms with Crippen molar-refractivity contribution in [1.29, 1.82) is 0 Å². The molecule has 1 nitrogen and oxygen atoms in total. The van der Waals surface area contributed by atoms with Crippen molar-refractivity contribution in [2.45, 2.75) is 110 Å². The summed E-state index contributed by atoms with van der Waals surface area (Å²) in [5.41, 5.74) is 0. The molecule has 0 fully saturated rings. The number of hydrogen-bond acceptors (Lipinski definition) is 1. The van der Waals surface area contributed by atoms with Gasteiger partial charge in [0.1, 0.15) is 0 Å². The minimum absolute atomic E-state index is 0.624. The lowest BCUT2D eigenvalue weighted by Crippen LogP contribution is -1.81. The molecular weight excluding hydrogens is 256 g/mol. The quantitative estimate of drug-likeness (QED) is 0.210. The van der Waals surface area contributed by atoms with E-state index in [9.17, 15) is 4.79 Å². The molecule has 0 aliphatic rings. The molecule has 0 aromatic heterocycles. The van der Waals surface area contributed by atoms with E-state index in [-0.39, 0.29) is 0 Å². The summed E-state index contributed by atoms with van der Waals surface area (Å²) in [6, 6.07) is 0. The number of rotatable bonds is 17. The average Bonchev–Trinajstić information content (AvgIpc) is 2.50. The van der Waals surface area contributed by atoms with Crippen LogP contribution >= 0.6 is 0 Å². The molecule has 0 saturated heterocycles. The van der Waals surface area contributed by atoms with E-state index in [1.54, 1.807) is 0 Å². The Morgan fingerprint density at radius 2 is 1.05 bits per heavy atom. The van der Waals surface area contributed by atoms with Crippen molar-refractivity contribution in [3.63, 3.8) is 0 Å². The number of hydrogen-bond donors (Lipinski definition) is 0. The largest absolute Gasteiger partial charge is 0.291 e. The maximum Gasteiger partial charge on any atom is 0.198 e. The van der Waals surface area contributed by atoms with Crippen molar-refractivity contribution in [3.8, 4) is 0 Å². The first-order valence-electron chi connectivity index (χ1n) is 9.41. The highest BCUT2D eigenvalue weighted by Crippen LogP contribution is 2.10. The monoisotopic (exact) mass is 293 g/mol. The van der Waals surface area contributed by atoms with Gasteiger partial charge in [0.15, 0.2) is 6.29 Å². The minimum Gasteiger partial charge on any atom is -0.291 e. The van der Waals surface area contributed by atoms with E-state index in [2.05, 4.69) is 19.1 Å². The van der Waals surface area contributed by atoms with Crippen LogP contribution in [0, 0.1) is 0 Å². The summed E-state index contributed by atoms with van der Waals surface area (Å²) in [7, 11) is 0. The van der Waals surface area contributed by atoms with Crippen LogP contribution in [0.15, 0.2) is 12.2 Å². The van der Waals surface area contributed by atoms with Crippen LogP contribution in [0.2, 0.25) is 0 Å². The minimum atomic E-state index is 0.624. The molecule has 0 saturated carbocycles. The summed E-state index contributed by atoms with van der Waals surface area (Å²) in [6.07, 6.45) is 27.2. The first-order chi connectivity index (χ1) is 10.4. The lowest BCUT2D eigenvalue weighted by atomic mass is 10.1. The van der Waals surface area contributed by atoms with Gasteiger partial charge in [-0.2, -0.15) is 0 Å². The molecule has 0 bridgehead atoms. The van der Waals surface area contributed by atoms with Crippen LogP contribution in [0.25, 0.3) is 0 Å². The maximum absolute atomic E-state index is 10.0. The predicted octanol–water partition coefficient (Wildman–Crippen LogP) is 6.91. The highest BCUT2D eigenvalue weighted by atomic mass is 16.1. The zero-order valence-electron chi connectivity index (χ0n) is 14.4. The third-order valence-electron chi connectivity index (χ3n) is 4.04. The third-order valence-corrected chi connectivity index (χ3v) is 4.04. The van der Waals surface area contributed by atoms with Crippen molar-refractivity contribution in [2.24, 2.45) is 0 Å². The molecule has 0 amide bonds. The van der Waals surface area contributed by atoms with Crippen molar-refractivity contribution in [2.75, 3.05) is 0 Å². The zero-order valence-corrected chi connectivity index (χ0v) is 14.4.